The summed E-state index contributed by atoms with van der Waals surface area (Å²) in [6.45, 7) is 2.71. The van der Waals surface area contributed by atoms with Gasteiger partial charge in [-0.25, -0.2) is 0 Å². The van der Waals surface area contributed by atoms with Gasteiger partial charge in [-0.1, -0.05) is 0 Å². The third kappa shape index (κ3) is 2.42. The molecule has 1 aromatic carbocycles. The number of ether oxygens (including phenoxy) is 1. The van der Waals surface area contributed by atoms with Crippen LogP contribution in [0.1, 0.15) is 17.3 Å². The van der Waals surface area contributed by atoms with E-state index in [4.69, 9.17) is 16.2 Å². The molecule has 0 radical (unpaired) electrons. The summed E-state index contributed by atoms with van der Waals surface area (Å²) in [7, 11) is 0. The average molecular weight is 246 g/mol. The van der Waals surface area contributed by atoms with Gasteiger partial charge in [-0.15, -0.1) is 0 Å². The number of carbonyl (C=O) groups is 1. The summed E-state index contributed by atoms with van der Waals surface area (Å²) in [5, 5.41) is 4.07. The lowest BCUT2D eigenvalue weighted by Gasteiger charge is -2.07. The molecule has 18 heavy (non-hydrogen) atoms. The lowest BCUT2D eigenvalue weighted by molar-refractivity contribution is 0.0998. The molecule has 6 heteroatoms. The van der Waals surface area contributed by atoms with Crippen molar-refractivity contribution in [2.24, 2.45) is 5.73 Å². The Morgan fingerprint density at radius 1 is 1.50 bits per heavy atom. The van der Waals surface area contributed by atoms with Crippen LogP contribution in [-0.4, -0.2) is 15.7 Å². The van der Waals surface area contributed by atoms with Gasteiger partial charge in [0, 0.05) is 12.2 Å². The van der Waals surface area contributed by atoms with E-state index in [9.17, 15) is 4.79 Å². The number of nitrogen functional groups attached to an aromatic ring is 1. The molecule has 0 bridgehead atoms. The smallest absolute Gasteiger partial charge is 0.252 e. The van der Waals surface area contributed by atoms with Crippen LogP contribution >= 0.6 is 0 Å². The predicted molar refractivity (Wildman–Crippen MR) is 67.3 cm³/mol. The number of carbonyl (C=O) groups excluding carboxylic acids is 1. The number of aryl methyl sites for hydroxylation is 1. The van der Waals surface area contributed by atoms with Crippen molar-refractivity contribution >= 4 is 11.6 Å². The van der Waals surface area contributed by atoms with Gasteiger partial charge in [-0.3, -0.25) is 9.48 Å². The van der Waals surface area contributed by atoms with Gasteiger partial charge in [0.05, 0.1) is 18.0 Å². The van der Waals surface area contributed by atoms with Crippen LogP contribution in [0.3, 0.4) is 0 Å². The maximum atomic E-state index is 11.3. The number of amides is 1. The lowest BCUT2D eigenvalue weighted by Crippen LogP contribution is -2.12. The van der Waals surface area contributed by atoms with E-state index < -0.39 is 5.91 Å². The number of nitrogens with two attached hydrogens (primary N) is 2. The predicted octanol–water partition coefficient (Wildman–Crippen LogP) is 1.38. The Balaban J connectivity index is 2.30. The van der Waals surface area contributed by atoms with Crippen LogP contribution < -0.4 is 16.2 Å². The Morgan fingerprint density at radius 2 is 2.28 bits per heavy atom. The largest absolute Gasteiger partial charge is 0.453 e. The van der Waals surface area contributed by atoms with E-state index >= 15 is 0 Å². The van der Waals surface area contributed by atoms with Gasteiger partial charge in [-0.2, -0.15) is 5.10 Å². The Hall–Kier alpha value is -2.50. The van der Waals surface area contributed by atoms with Gasteiger partial charge in [-0.05, 0) is 25.1 Å². The van der Waals surface area contributed by atoms with E-state index in [-0.39, 0.29) is 5.56 Å². The van der Waals surface area contributed by atoms with E-state index in [1.807, 2.05) is 6.92 Å². The molecule has 1 heterocycles. The van der Waals surface area contributed by atoms with E-state index in [0.29, 0.717) is 17.2 Å². The highest BCUT2D eigenvalue weighted by molar-refractivity contribution is 5.96. The monoisotopic (exact) mass is 246 g/mol. The summed E-state index contributed by atoms with van der Waals surface area (Å²) >= 11 is 0. The Bertz CT molecular complexity index is 577. The second kappa shape index (κ2) is 4.79. The minimum absolute atomic E-state index is 0.249. The van der Waals surface area contributed by atoms with Crippen molar-refractivity contribution in [2.75, 3.05) is 5.73 Å². The summed E-state index contributed by atoms with van der Waals surface area (Å²) < 4.78 is 7.29. The summed E-state index contributed by atoms with van der Waals surface area (Å²) in [6, 6.07) is 4.74. The van der Waals surface area contributed by atoms with Crippen LogP contribution in [0.15, 0.2) is 30.6 Å². The quantitative estimate of drug-likeness (QED) is 0.796. The molecular formula is C12H14N4O2. The fourth-order valence-electron chi connectivity index (χ4n) is 1.53. The van der Waals surface area contributed by atoms with Gasteiger partial charge in [0.25, 0.3) is 5.91 Å². The molecule has 0 spiro atoms. The topological polar surface area (TPSA) is 96.2 Å². The second-order valence-corrected chi connectivity index (χ2v) is 3.75. The standard InChI is InChI=1S/C12H14N4O2/c1-2-16-7-9(6-15-16)18-11-4-3-8(13)5-10(11)12(14)17/h3-7H,2,13H2,1H3,(H2,14,17). The SMILES string of the molecule is CCn1cc(Oc2ccc(N)cc2C(N)=O)cn1. The summed E-state index contributed by atoms with van der Waals surface area (Å²) in [6.07, 6.45) is 3.31. The first-order valence-corrected chi connectivity index (χ1v) is 5.49. The number of rotatable bonds is 4. The van der Waals surface area contributed by atoms with Gasteiger partial charge in [0.1, 0.15) is 5.75 Å². The first-order valence-electron chi connectivity index (χ1n) is 5.49. The fraction of sp³-hybridized carbons (Fsp3) is 0.167. The van der Waals surface area contributed by atoms with Gasteiger partial charge < -0.3 is 16.2 Å². The number of nitrogens with zero attached hydrogens (tertiary/aromatic N) is 2. The molecule has 0 aliphatic rings. The minimum Gasteiger partial charge on any atom is -0.453 e. The zero-order valence-electron chi connectivity index (χ0n) is 9.96. The lowest BCUT2D eigenvalue weighted by atomic mass is 10.1. The summed E-state index contributed by atoms with van der Waals surface area (Å²) in [5.74, 6) is 0.330. The van der Waals surface area contributed by atoms with Crippen LogP contribution in [0, 0.1) is 0 Å². The highest BCUT2D eigenvalue weighted by Crippen LogP contribution is 2.26. The number of aromatic nitrogens is 2. The van der Waals surface area contributed by atoms with Crippen molar-refractivity contribution in [2.45, 2.75) is 13.5 Å². The third-order valence-corrected chi connectivity index (χ3v) is 2.43. The molecule has 4 N–H and O–H groups in total. The zero-order valence-corrected chi connectivity index (χ0v) is 9.96. The molecule has 2 rings (SSSR count). The zero-order chi connectivity index (χ0) is 13.1. The molecule has 0 aliphatic heterocycles. The Labute approximate surface area is 104 Å². The van der Waals surface area contributed by atoms with Crippen LogP contribution in [0.4, 0.5) is 5.69 Å². The van der Waals surface area contributed by atoms with Crippen molar-refractivity contribution < 1.29 is 9.53 Å². The first-order chi connectivity index (χ1) is 8.60. The highest BCUT2D eigenvalue weighted by atomic mass is 16.5. The average Bonchev–Trinajstić information content (AvgIpc) is 2.79. The van der Waals surface area contributed by atoms with E-state index in [1.54, 1.807) is 29.2 Å². The summed E-state index contributed by atoms with van der Waals surface area (Å²) in [4.78, 5) is 11.3. The highest BCUT2D eigenvalue weighted by Gasteiger charge is 2.11. The second-order valence-electron chi connectivity index (χ2n) is 3.75. The number of benzene rings is 1. The molecule has 2 aromatic rings. The molecule has 94 valence electrons. The molecule has 0 fully saturated rings. The van der Waals surface area contributed by atoms with Gasteiger partial charge >= 0.3 is 0 Å². The molecule has 6 nitrogen and oxygen atoms in total. The number of hydrogen-bond donors (Lipinski definition) is 2. The Morgan fingerprint density at radius 3 is 2.89 bits per heavy atom. The third-order valence-electron chi connectivity index (χ3n) is 2.43. The van der Waals surface area contributed by atoms with Crippen LogP contribution in [-0.2, 0) is 6.54 Å². The molecule has 0 unspecified atom stereocenters. The van der Waals surface area contributed by atoms with Crippen molar-refractivity contribution in [3.05, 3.63) is 36.2 Å². The maximum Gasteiger partial charge on any atom is 0.252 e. The van der Waals surface area contributed by atoms with E-state index in [0.717, 1.165) is 6.54 Å². The Kier molecular flexibility index (Phi) is 3.18. The van der Waals surface area contributed by atoms with Crippen molar-refractivity contribution in [3.63, 3.8) is 0 Å². The van der Waals surface area contributed by atoms with Crippen LogP contribution in [0.2, 0.25) is 0 Å². The fourth-order valence-corrected chi connectivity index (χ4v) is 1.53. The van der Waals surface area contributed by atoms with Crippen LogP contribution in [0.5, 0.6) is 11.5 Å². The molecule has 0 aliphatic carbocycles. The van der Waals surface area contributed by atoms with Crippen molar-refractivity contribution in [1.29, 1.82) is 0 Å². The molecule has 1 amide bonds. The molecule has 0 atom stereocenters. The number of primary amides is 1. The molecule has 0 saturated carbocycles. The maximum absolute atomic E-state index is 11.3. The van der Waals surface area contributed by atoms with E-state index in [2.05, 4.69) is 5.10 Å². The molecule has 0 saturated heterocycles. The van der Waals surface area contributed by atoms with Gasteiger partial charge in [0.15, 0.2) is 5.75 Å². The summed E-state index contributed by atoms with van der Waals surface area (Å²) in [5.41, 5.74) is 11.6. The van der Waals surface area contributed by atoms with Crippen molar-refractivity contribution in [3.8, 4) is 11.5 Å². The van der Waals surface area contributed by atoms with Crippen molar-refractivity contribution in [1.82, 2.24) is 9.78 Å². The minimum atomic E-state index is -0.583. The van der Waals surface area contributed by atoms with E-state index in [1.165, 1.54) is 6.07 Å². The molecule has 1 aromatic heterocycles. The number of anilines is 1. The number of hydrogen-bond acceptors (Lipinski definition) is 4. The van der Waals surface area contributed by atoms with Crippen LogP contribution in [0.25, 0.3) is 0 Å². The van der Waals surface area contributed by atoms with Gasteiger partial charge in [0.2, 0.25) is 0 Å². The first kappa shape index (κ1) is 12.0. The normalized spacial score (nSPS) is 10.3. The molecular weight excluding hydrogens is 232 g/mol.